The molecule has 1 aromatic carbocycles. The zero-order valence-corrected chi connectivity index (χ0v) is 10.4. The Balaban J connectivity index is 2.25. The third kappa shape index (κ3) is 2.12. The van der Waals surface area contributed by atoms with Crippen molar-refractivity contribution >= 4 is 20.0 Å². The summed E-state index contributed by atoms with van der Waals surface area (Å²) in [5.74, 6) is 0. The van der Waals surface area contributed by atoms with E-state index in [0.29, 0.717) is 6.61 Å². The van der Waals surface area contributed by atoms with E-state index in [1.54, 1.807) is 5.30 Å². The van der Waals surface area contributed by atoms with Gasteiger partial charge in [0.05, 0.1) is 0 Å². The molecule has 1 aromatic rings. The Morgan fingerprint density at radius 3 is 2.73 bits per heavy atom. The van der Waals surface area contributed by atoms with E-state index in [9.17, 15) is 0 Å². The SMILES string of the molecule is B[PH]1(c2ccccc2)CCC[C@@H]1CCO. The van der Waals surface area contributed by atoms with Gasteiger partial charge in [0.15, 0.2) is 0 Å². The van der Waals surface area contributed by atoms with Crippen LogP contribution in [0.5, 0.6) is 0 Å². The summed E-state index contributed by atoms with van der Waals surface area (Å²) in [6.45, 7) is 0.361. The predicted molar refractivity (Wildman–Crippen MR) is 72.5 cm³/mol. The summed E-state index contributed by atoms with van der Waals surface area (Å²) in [5.41, 5.74) is 0.796. The standard InChI is InChI=1S/C12H20BOP/c13-15(11-5-2-1-3-6-11)10-4-7-12(15)8-9-14/h1-3,5-6,12,14-15H,4,7-10,13H2/t12-/m1/s1. The Bertz CT molecular complexity index is 317. The van der Waals surface area contributed by atoms with Gasteiger partial charge in [-0.2, -0.15) is 0 Å². The Kier molecular flexibility index (Phi) is 3.48. The van der Waals surface area contributed by atoms with E-state index in [2.05, 4.69) is 37.9 Å². The van der Waals surface area contributed by atoms with Gasteiger partial charge in [-0.25, -0.2) is 0 Å². The summed E-state index contributed by atoms with van der Waals surface area (Å²) < 4.78 is 0. The van der Waals surface area contributed by atoms with Gasteiger partial charge in [0, 0.05) is 0 Å². The van der Waals surface area contributed by atoms with Crippen molar-refractivity contribution in [1.29, 1.82) is 0 Å². The average Bonchev–Trinajstić information content (AvgIpc) is 2.64. The van der Waals surface area contributed by atoms with Gasteiger partial charge in [0.25, 0.3) is 0 Å². The van der Waals surface area contributed by atoms with Crippen molar-refractivity contribution in [1.82, 2.24) is 0 Å². The molecule has 1 N–H and O–H groups in total. The van der Waals surface area contributed by atoms with Crippen LogP contribution in [0.25, 0.3) is 0 Å². The third-order valence-corrected chi connectivity index (χ3v) is 9.48. The Hall–Kier alpha value is -0.325. The molecule has 0 radical (unpaired) electrons. The molecule has 1 aliphatic heterocycles. The van der Waals surface area contributed by atoms with Crippen molar-refractivity contribution in [2.45, 2.75) is 24.9 Å². The van der Waals surface area contributed by atoms with Crippen molar-refractivity contribution in [2.75, 3.05) is 12.8 Å². The first-order chi connectivity index (χ1) is 7.27. The molecule has 3 heteroatoms. The van der Waals surface area contributed by atoms with Crippen molar-refractivity contribution in [3.63, 3.8) is 0 Å². The zero-order valence-electron chi connectivity index (χ0n) is 9.45. The summed E-state index contributed by atoms with van der Waals surface area (Å²) >= 11 is 0. The first-order valence-electron chi connectivity index (χ1n) is 5.94. The summed E-state index contributed by atoms with van der Waals surface area (Å²) in [6.07, 6.45) is 5.11. The van der Waals surface area contributed by atoms with Gasteiger partial charge >= 0.3 is 93.1 Å². The number of aliphatic hydroxyl groups excluding tert-OH is 1. The molecule has 0 spiro atoms. The van der Waals surface area contributed by atoms with Crippen LogP contribution in [0.3, 0.4) is 0 Å². The molecule has 1 atom stereocenters. The van der Waals surface area contributed by atoms with Gasteiger partial charge in [0.2, 0.25) is 0 Å². The van der Waals surface area contributed by atoms with E-state index in [4.69, 9.17) is 5.11 Å². The molecule has 15 heavy (non-hydrogen) atoms. The predicted octanol–water partition coefficient (Wildman–Crippen LogP) is 1.15. The zero-order chi connectivity index (χ0) is 10.7. The molecule has 0 amide bonds. The number of aliphatic hydroxyl groups is 1. The fraction of sp³-hybridized carbons (Fsp3) is 0.500. The quantitative estimate of drug-likeness (QED) is 0.600. The monoisotopic (exact) mass is 222 g/mol. The molecule has 0 aliphatic carbocycles. The van der Waals surface area contributed by atoms with Crippen LogP contribution >= 0.6 is 7.14 Å². The molecule has 82 valence electrons. The van der Waals surface area contributed by atoms with Gasteiger partial charge in [0.1, 0.15) is 0 Å². The molecule has 1 heterocycles. The number of rotatable bonds is 3. The molecule has 0 saturated carbocycles. The molecule has 1 saturated heterocycles. The van der Waals surface area contributed by atoms with Crippen LogP contribution < -0.4 is 5.30 Å². The maximum atomic E-state index is 9.13. The maximum absolute atomic E-state index is 9.13. The summed E-state index contributed by atoms with van der Waals surface area (Å²) in [5, 5.41) is 10.7. The van der Waals surface area contributed by atoms with Crippen LogP contribution in [-0.4, -0.2) is 31.1 Å². The van der Waals surface area contributed by atoms with Crippen molar-refractivity contribution in [2.24, 2.45) is 0 Å². The number of hydrogen-bond acceptors (Lipinski definition) is 1. The molecule has 0 bridgehead atoms. The fourth-order valence-electron chi connectivity index (χ4n) is 3.06. The first kappa shape index (κ1) is 11.2. The fourth-order valence-corrected chi connectivity index (χ4v) is 7.72. The van der Waals surface area contributed by atoms with Gasteiger partial charge in [-0.3, -0.25) is 0 Å². The van der Waals surface area contributed by atoms with E-state index < -0.39 is 7.14 Å². The second-order valence-electron chi connectivity index (χ2n) is 4.88. The summed E-state index contributed by atoms with van der Waals surface area (Å²) in [7, 11) is 1.22. The van der Waals surface area contributed by atoms with E-state index in [1.165, 1.54) is 19.0 Å². The van der Waals surface area contributed by atoms with Crippen LogP contribution in [-0.2, 0) is 0 Å². The minimum absolute atomic E-state index is 0.361. The van der Waals surface area contributed by atoms with Gasteiger partial charge in [-0.05, 0) is 0 Å². The van der Waals surface area contributed by atoms with Gasteiger partial charge in [-0.1, -0.05) is 0 Å². The molecule has 2 rings (SSSR count). The topological polar surface area (TPSA) is 20.2 Å². The molecule has 1 fully saturated rings. The molecular weight excluding hydrogens is 202 g/mol. The normalized spacial score (nSPS) is 26.3. The molecule has 1 aliphatic rings. The van der Waals surface area contributed by atoms with Crippen LogP contribution in [0.1, 0.15) is 19.3 Å². The molecule has 1 nitrogen and oxygen atoms in total. The second-order valence-corrected chi connectivity index (χ2v) is 9.61. The summed E-state index contributed by atoms with van der Waals surface area (Å²) in [6, 6.07) is 11.0. The Labute approximate surface area is 93.6 Å². The van der Waals surface area contributed by atoms with Crippen LogP contribution in [0.4, 0.5) is 0 Å². The Morgan fingerprint density at radius 2 is 2.07 bits per heavy atom. The molecular formula is C12H20BOP. The number of benzene rings is 1. The second kappa shape index (κ2) is 4.68. The van der Waals surface area contributed by atoms with E-state index >= 15 is 0 Å². The molecule has 0 aromatic heterocycles. The van der Waals surface area contributed by atoms with Crippen molar-refractivity contribution in [3.05, 3.63) is 30.3 Å². The van der Waals surface area contributed by atoms with Crippen LogP contribution in [0.2, 0.25) is 0 Å². The van der Waals surface area contributed by atoms with Gasteiger partial charge in [-0.15, -0.1) is 0 Å². The summed E-state index contributed by atoms with van der Waals surface area (Å²) in [4.78, 5) is 0. The van der Waals surface area contributed by atoms with E-state index in [-0.39, 0.29) is 0 Å². The number of hydrogen-bond donors (Lipinski definition) is 1. The minimum atomic E-state index is -1.27. The van der Waals surface area contributed by atoms with Crippen LogP contribution in [0.15, 0.2) is 30.3 Å². The average molecular weight is 222 g/mol. The van der Waals surface area contributed by atoms with Crippen molar-refractivity contribution in [3.8, 4) is 0 Å². The molecule has 0 unspecified atom stereocenters. The third-order valence-electron chi connectivity index (χ3n) is 4.06. The van der Waals surface area contributed by atoms with Crippen LogP contribution in [0, 0.1) is 0 Å². The Morgan fingerprint density at radius 1 is 1.33 bits per heavy atom. The van der Waals surface area contributed by atoms with E-state index in [1.807, 2.05) is 0 Å². The van der Waals surface area contributed by atoms with E-state index in [0.717, 1.165) is 12.1 Å². The van der Waals surface area contributed by atoms with Gasteiger partial charge < -0.3 is 0 Å². The van der Waals surface area contributed by atoms with Crippen molar-refractivity contribution < 1.29 is 5.11 Å². The first-order valence-corrected chi connectivity index (χ1v) is 8.72.